The van der Waals surface area contributed by atoms with Gasteiger partial charge < -0.3 is 9.73 Å². The van der Waals surface area contributed by atoms with Crippen molar-refractivity contribution in [1.29, 1.82) is 0 Å². The third kappa shape index (κ3) is 3.54. The van der Waals surface area contributed by atoms with Gasteiger partial charge in [0.25, 0.3) is 5.91 Å². The summed E-state index contributed by atoms with van der Waals surface area (Å²) in [5.41, 5.74) is 0.697. The van der Waals surface area contributed by atoms with Gasteiger partial charge in [0.1, 0.15) is 10.8 Å². The molecule has 0 radical (unpaired) electrons. The molecular weight excluding hydrogens is 280 g/mol. The number of amides is 1. The zero-order valence-corrected chi connectivity index (χ0v) is 12.3. The van der Waals surface area contributed by atoms with Crippen molar-refractivity contribution in [2.75, 3.05) is 17.8 Å². The Morgan fingerprint density at radius 3 is 2.95 bits per heavy atom. The Morgan fingerprint density at radius 2 is 2.21 bits per heavy atom. The van der Waals surface area contributed by atoms with E-state index in [9.17, 15) is 4.79 Å². The second-order valence-corrected chi connectivity index (χ2v) is 5.37. The van der Waals surface area contributed by atoms with Gasteiger partial charge in [-0.25, -0.2) is 4.98 Å². The summed E-state index contributed by atoms with van der Waals surface area (Å²) in [5, 5.41) is 3.59. The number of aromatic nitrogens is 1. The van der Waals surface area contributed by atoms with Crippen molar-refractivity contribution in [3.8, 4) is 0 Å². The summed E-state index contributed by atoms with van der Waals surface area (Å²) < 4.78 is 5.47. The van der Waals surface area contributed by atoms with E-state index in [4.69, 9.17) is 4.42 Å². The van der Waals surface area contributed by atoms with Crippen molar-refractivity contribution in [2.45, 2.75) is 10.8 Å². The van der Waals surface area contributed by atoms with Crippen molar-refractivity contribution < 1.29 is 9.21 Å². The first kappa shape index (κ1) is 14.0. The minimum absolute atomic E-state index is 0.254. The van der Waals surface area contributed by atoms with Crippen LogP contribution in [-0.2, 0) is 5.75 Å². The van der Waals surface area contributed by atoms with Crippen molar-refractivity contribution in [3.05, 3.63) is 42.0 Å². The van der Waals surface area contributed by atoms with Crippen molar-refractivity contribution >= 4 is 35.1 Å². The van der Waals surface area contributed by atoms with E-state index in [1.165, 1.54) is 11.8 Å². The molecule has 0 aliphatic heterocycles. The van der Waals surface area contributed by atoms with E-state index in [1.807, 2.05) is 24.6 Å². The van der Waals surface area contributed by atoms with Crippen LogP contribution in [0.15, 0.2) is 39.9 Å². The summed E-state index contributed by atoms with van der Waals surface area (Å²) in [4.78, 5) is 16.2. The zero-order chi connectivity index (χ0) is 13.7. The maximum absolute atomic E-state index is 12.1. The van der Waals surface area contributed by atoms with E-state index >= 15 is 0 Å². The Bertz CT molecular complexity index is 569. The van der Waals surface area contributed by atoms with E-state index < -0.39 is 0 Å². The fourth-order valence-corrected chi connectivity index (χ4v) is 2.50. The second kappa shape index (κ2) is 6.68. The van der Waals surface area contributed by atoms with E-state index in [2.05, 4.69) is 10.3 Å². The monoisotopic (exact) mass is 294 g/mol. The predicted molar refractivity (Wildman–Crippen MR) is 79.9 cm³/mol. The molecule has 19 heavy (non-hydrogen) atoms. The van der Waals surface area contributed by atoms with Crippen LogP contribution in [0.3, 0.4) is 0 Å². The van der Waals surface area contributed by atoms with Crippen LogP contribution in [0.25, 0.3) is 0 Å². The molecule has 1 amide bonds. The molecule has 0 bridgehead atoms. The first-order valence-electron chi connectivity index (χ1n) is 5.62. The summed E-state index contributed by atoms with van der Waals surface area (Å²) in [5.74, 6) is 1.63. The number of furan rings is 1. The molecule has 100 valence electrons. The van der Waals surface area contributed by atoms with Crippen molar-refractivity contribution in [2.24, 2.45) is 0 Å². The molecule has 2 heterocycles. The number of carbonyl (C=O) groups is 1. The lowest BCUT2D eigenvalue weighted by atomic mass is 10.3. The van der Waals surface area contributed by atoms with Gasteiger partial charge in [-0.2, -0.15) is 11.8 Å². The summed E-state index contributed by atoms with van der Waals surface area (Å²) in [6.45, 7) is 0. The van der Waals surface area contributed by atoms with E-state index in [0.29, 0.717) is 11.4 Å². The summed E-state index contributed by atoms with van der Waals surface area (Å²) >= 11 is 3.14. The Kier molecular flexibility index (Phi) is 4.93. The lowest BCUT2D eigenvalue weighted by Crippen LogP contribution is -2.11. The molecule has 0 aliphatic carbocycles. The van der Waals surface area contributed by atoms with Gasteiger partial charge in [-0.05, 0) is 36.8 Å². The normalized spacial score (nSPS) is 10.4. The first-order valence-corrected chi connectivity index (χ1v) is 8.24. The van der Waals surface area contributed by atoms with Crippen LogP contribution < -0.4 is 5.32 Å². The summed E-state index contributed by atoms with van der Waals surface area (Å²) in [6.07, 6.45) is 5.61. The average molecular weight is 294 g/mol. The highest BCUT2D eigenvalue weighted by atomic mass is 32.2. The maximum atomic E-state index is 12.1. The second-order valence-electron chi connectivity index (χ2n) is 3.71. The number of nitrogens with zero attached hydrogens (tertiary/aromatic N) is 1. The topological polar surface area (TPSA) is 55.1 Å². The number of hydrogen-bond donors (Lipinski definition) is 1. The molecule has 0 aromatic carbocycles. The van der Waals surface area contributed by atoms with Crippen molar-refractivity contribution in [1.82, 2.24) is 4.98 Å². The molecule has 0 atom stereocenters. The highest BCUT2D eigenvalue weighted by molar-refractivity contribution is 7.98. The Labute approximate surface area is 120 Å². The molecule has 0 fully saturated rings. The summed E-state index contributed by atoms with van der Waals surface area (Å²) in [6, 6.07) is 7.12. The number of pyridine rings is 1. The molecule has 1 N–H and O–H groups in total. The van der Waals surface area contributed by atoms with Crippen LogP contribution in [0.5, 0.6) is 0 Å². The first-order chi connectivity index (χ1) is 9.24. The highest BCUT2D eigenvalue weighted by Gasteiger charge is 2.13. The average Bonchev–Trinajstić information content (AvgIpc) is 2.88. The van der Waals surface area contributed by atoms with Gasteiger partial charge in [-0.15, -0.1) is 11.8 Å². The van der Waals surface area contributed by atoms with E-state index in [-0.39, 0.29) is 5.91 Å². The highest BCUT2D eigenvalue weighted by Crippen LogP contribution is 2.23. The number of anilines is 1. The minimum Gasteiger partial charge on any atom is -0.455 e. The molecule has 0 saturated heterocycles. The lowest BCUT2D eigenvalue weighted by Gasteiger charge is -2.06. The predicted octanol–water partition coefficient (Wildman–Crippen LogP) is 3.51. The Morgan fingerprint density at radius 1 is 1.37 bits per heavy atom. The largest absolute Gasteiger partial charge is 0.455 e. The molecule has 2 rings (SSSR count). The SMILES string of the molecule is CSCc1ccc(C(=O)Nc2cccnc2SC)o1. The standard InChI is InChI=1S/C13H14N2O2S2/c1-18-8-9-5-6-11(17-9)12(16)15-10-4-3-7-14-13(10)19-2/h3-7H,8H2,1-2H3,(H,15,16). The molecule has 2 aromatic rings. The Hall–Kier alpha value is -1.40. The van der Waals surface area contributed by atoms with Crippen LogP contribution in [0.4, 0.5) is 5.69 Å². The van der Waals surface area contributed by atoms with Gasteiger partial charge in [0.2, 0.25) is 0 Å². The van der Waals surface area contributed by atoms with Gasteiger partial charge in [0, 0.05) is 6.20 Å². The minimum atomic E-state index is -0.254. The third-order valence-electron chi connectivity index (χ3n) is 2.38. The van der Waals surface area contributed by atoms with Gasteiger partial charge in [0.05, 0.1) is 11.4 Å². The molecule has 6 heteroatoms. The van der Waals surface area contributed by atoms with Gasteiger partial charge in [0.15, 0.2) is 5.76 Å². The van der Waals surface area contributed by atoms with Crippen molar-refractivity contribution in [3.63, 3.8) is 0 Å². The molecule has 4 nitrogen and oxygen atoms in total. The number of carbonyl (C=O) groups excluding carboxylic acids is 1. The fourth-order valence-electron chi connectivity index (χ4n) is 1.55. The molecule has 0 unspecified atom stereocenters. The van der Waals surface area contributed by atoms with Crippen LogP contribution in [0.1, 0.15) is 16.3 Å². The molecular formula is C13H14N2O2S2. The fraction of sp³-hybridized carbons (Fsp3) is 0.231. The number of hydrogen-bond acceptors (Lipinski definition) is 5. The molecule has 0 aliphatic rings. The number of nitrogens with one attached hydrogen (secondary N) is 1. The quantitative estimate of drug-likeness (QED) is 0.855. The van der Waals surface area contributed by atoms with Crippen LogP contribution in [0, 0.1) is 0 Å². The third-order valence-corrected chi connectivity index (χ3v) is 3.67. The van der Waals surface area contributed by atoms with Gasteiger partial charge >= 0.3 is 0 Å². The Balaban J connectivity index is 2.11. The van der Waals surface area contributed by atoms with Gasteiger partial charge in [-0.3, -0.25) is 4.79 Å². The van der Waals surface area contributed by atoms with Crippen LogP contribution in [-0.4, -0.2) is 23.4 Å². The van der Waals surface area contributed by atoms with E-state index in [0.717, 1.165) is 16.5 Å². The van der Waals surface area contributed by atoms with Gasteiger partial charge in [-0.1, -0.05) is 0 Å². The molecule has 2 aromatic heterocycles. The number of rotatable bonds is 5. The number of thioether (sulfide) groups is 2. The van der Waals surface area contributed by atoms with E-state index in [1.54, 1.807) is 30.1 Å². The smallest absolute Gasteiger partial charge is 0.291 e. The zero-order valence-electron chi connectivity index (χ0n) is 10.7. The lowest BCUT2D eigenvalue weighted by molar-refractivity contribution is 0.0995. The molecule has 0 spiro atoms. The van der Waals surface area contributed by atoms with Crippen LogP contribution >= 0.6 is 23.5 Å². The maximum Gasteiger partial charge on any atom is 0.291 e. The summed E-state index contributed by atoms with van der Waals surface area (Å²) in [7, 11) is 0. The molecule has 0 saturated carbocycles. The van der Waals surface area contributed by atoms with Crippen LogP contribution in [0.2, 0.25) is 0 Å².